The van der Waals surface area contributed by atoms with E-state index in [1.165, 1.54) is 9.13 Å². The van der Waals surface area contributed by atoms with E-state index in [-0.39, 0.29) is 20.7 Å². The number of benzene rings is 4. The van der Waals surface area contributed by atoms with Crippen molar-refractivity contribution in [2.45, 2.75) is 5.92 Å². The van der Waals surface area contributed by atoms with Gasteiger partial charge in [0.25, 0.3) is 11.1 Å². The minimum atomic E-state index is -0.808. The molecule has 0 saturated heterocycles. The third kappa shape index (κ3) is 4.57. The molecule has 47 heavy (non-hydrogen) atoms. The monoisotopic (exact) mass is 650 g/mol. The van der Waals surface area contributed by atoms with Crippen molar-refractivity contribution in [2.24, 2.45) is 0 Å². The summed E-state index contributed by atoms with van der Waals surface area (Å²) in [5, 5.41) is 3.54. The van der Waals surface area contributed by atoms with Gasteiger partial charge in [-0.25, -0.2) is 0 Å². The second-order valence-electron chi connectivity index (χ2n) is 11.1. The molecule has 0 radical (unpaired) electrons. The molecule has 1 aliphatic heterocycles. The van der Waals surface area contributed by atoms with Gasteiger partial charge < -0.3 is 10.3 Å². The Morgan fingerprint density at radius 3 is 1.17 bits per heavy atom. The summed E-state index contributed by atoms with van der Waals surface area (Å²) in [4.78, 5) is 33.1. The minimum Gasteiger partial charge on any atom is -0.364 e. The van der Waals surface area contributed by atoms with Crippen LogP contribution in [0.4, 0.5) is 11.6 Å². The van der Waals surface area contributed by atoms with Crippen molar-refractivity contribution < 1.29 is 0 Å². The van der Waals surface area contributed by atoms with E-state index in [2.05, 4.69) is 10.3 Å². The van der Waals surface area contributed by atoms with E-state index in [0.29, 0.717) is 39.8 Å². The molecule has 4 aromatic carbocycles. The van der Waals surface area contributed by atoms with Crippen LogP contribution in [0.1, 0.15) is 22.7 Å². The van der Waals surface area contributed by atoms with Gasteiger partial charge >= 0.3 is 0 Å². The van der Waals surface area contributed by atoms with Crippen LogP contribution in [0.2, 0.25) is 0 Å². The lowest BCUT2D eigenvalue weighted by Crippen LogP contribution is -2.39. The van der Waals surface area contributed by atoms with E-state index in [1.54, 1.807) is 6.20 Å². The molecule has 3 aromatic heterocycles. The summed E-state index contributed by atoms with van der Waals surface area (Å²) in [5.41, 5.74) is 3.49. The zero-order valence-corrected chi connectivity index (χ0v) is 26.4. The number of hydrogen-bond acceptors (Lipinski definition) is 5. The molecule has 0 fully saturated rings. The topological polar surface area (TPSA) is 81.7 Å². The van der Waals surface area contributed by atoms with Crippen molar-refractivity contribution in [3.8, 4) is 22.7 Å². The highest BCUT2D eigenvalue weighted by molar-refractivity contribution is 7.71. The Morgan fingerprint density at radius 2 is 0.830 bits per heavy atom. The first kappa shape index (κ1) is 28.6. The van der Waals surface area contributed by atoms with Gasteiger partial charge in [-0.2, -0.15) is 0 Å². The first-order valence-corrected chi connectivity index (χ1v) is 15.8. The van der Waals surface area contributed by atoms with Gasteiger partial charge in [0.1, 0.15) is 11.6 Å². The van der Waals surface area contributed by atoms with Gasteiger partial charge in [0.15, 0.2) is 9.54 Å². The summed E-state index contributed by atoms with van der Waals surface area (Å²) in [6.07, 6.45) is 1.79. The van der Waals surface area contributed by atoms with E-state index in [1.807, 2.05) is 143 Å². The highest BCUT2D eigenvalue weighted by atomic mass is 32.1. The van der Waals surface area contributed by atoms with Crippen LogP contribution in [0.5, 0.6) is 0 Å². The van der Waals surface area contributed by atoms with Gasteiger partial charge in [0.2, 0.25) is 0 Å². The predicted octanol–water partition coefficient (Wildman–Crippen LogP) is 7.59. The highest BCUT2D eigenvalue weighted by Gasteiger charge is 2.39. The summed E-state index contributed by atoms with van der Waals surface area (Å²) in [6.45, 7) is 0. The number of aromatic nitrogens is 5. The van der Waals surface area contributed by atoms with Crippen LogP contribution in [0, 0.1) is 9.54 Å². The van der Waals surface area contributed by atoms with Gasteiger partial charge in [-0.05, 0) is 85.1 Å². The van der Waals surface area contributed by atoms with E-state index >= 15 is 0 Å². The second kappa shape index (κ2) is 11.5. The molecule has 7 aromatic rings. The molecule has 0 unspecified atom stereocenters. The molecule has 8 rings (SSSR count). The molecule has 10 heteroatoms. The molecular formula is C37H26N6O2S2. The smallest absolute Gasteiger partial charge is 0.265 e. The molecule has 228 valence electrons. The fourth-order valence-electron chi connectivity index (χ4n) is 6.35. The van der Waals surface area contributed by atoms with Crippen LogP contribution >= 0.6 is 24.4 Å². The lowest BCUT2D eigenvalue weighted by molar-refractivity contribution is 0.739. The third-order valence-electron chi connectivity index (χ3n) is 8.39. The van der Waals surface area contributed by atoms with Gasteiger partial charge in [-0.1, -0.05) is 72.8 Å². The summed E-state index contributed by atoms with van der Waals surface area (Å²) >= 11 is 12.2. The number of nitrogens with zero attached hydrogens (tertiary/aromatic N) is 4. The minimum absolute atomic E-state index is 0.273. The van der Waals surface area contributed by atoms with Crippen LogP contribution in [-0.2, 0) is 0 Å². The van der Waals surface area contributed by atoms with E-state index in [0.717, 1.165) is 11.4 Å². The summed E-state index contributed by atoms with van der Waals surface area (Å²) in [5.74, 6) is 0.111. The van der Waals surface area contributed by atoms with E-state index in [4.69, 9.17) is 24.4 Å². The Hall–Kier alpha value is -5.84. The average molecular weight is 651 g/mol. The number of H-pyrrole nitrogens is 1. The molecule has 0 bridgehead atoms. The maximum absolute atomic E-state index is 14.9. The Labute approximate surface area is 279 Å². The number of para-hydroxylation sites is 4. The fourth-order valence-corrected chi connectivity index (χ4v) is 7.12. The van der Waals surface area contributed by atoms with E-state index in [9.17, 15) is 9.59 Å². The van der Waals surface area contributed by atoms with Crippen LogP contribution in [-0.4, -0.2) is 23.3 Å². The van der Waals surface area contributed by atoms with E-state index < -0.39 is 5.92 Å². The SMILES string of the molecule is O=c1c2c(n(-c3ccccc3)c(=S)n1-c1ccccc1)Nc1c(c(=O)n(-c3ccccc3)c(=S)n1-c1ccccc1)C2c1ccc[nH]1. The first-order valence-electron chi connectivity index (χ1n) is 15.0. The maximum Gasteiger partial charge on any atom is 0.265 e. The Bertz CT molecular complexity index is 2340. The molecule has 0 amide bonds. The van der Waals surface area contributed by atoms with Gasteiger partial charge in [-0.15, -0.1) is 0 Å². The standard InChI is InChI=1S/C37H26N6O2S2/c44-34-30-29(28-22-13-23-38-28)31-33(41(25-16-7-2-8-17-25)37(47)43(35(31)45)27-20-11-4-12-21-27)39-32(30)40(24-14-5-1-6-15-24)36(46)42(34)26-18-9-3-10-19-26/h1-23,29,38-39H. The molecule has 0 spiro atoms. The molecule has 2 N–H and O–H groups in total. The number of anilines is 2. The number of aromatic amines is 1. The van der Waals surface area contributed by atoms with Crippen molar-refractivity contribution in [1.82, 2.24) is 23.3 Å². The molecule has 0 aliphatic carbocycles. The molecule has 0 atom stereocenters. The number of nitrogens with one attached hydrogen (secondary N) is 2. The predicted molar refractivity (Wildman–Crippen MR) is 189 cm³/mol. The number of fused-ring (bicyclic) bond motifs is 2. The fraction of sp³-hybridized carbons (Fsp3) is 0.0270. The molecule has 8 nitrogen and oxygen atoms in total. The summed E-state index contributed by atoms with van der Waals surface area (Å²) < 4.78 is 7.33. The van der Waals surface area contributed by atoms with Crippen LogP contribution in [0.3, 0.4) is 0 Å². The summed E-state index contributed by atoms with van der Waals surface area (Å²) in [6, 6.07) is 41.7. The first-order chi connectivity index (χ1) is 23.0. The molecular weight excluding hydrogens is 625 g/mol. The van der Waals surface area contributed by atoms with Gasteiger partial charge in [0.05, 0.1) is 28.4 Å². The molecule has 4 heterocycles. The quantitative estimate of drug-likeness (QED) is 0.188. The van der Waals surface area contributed by atoms with Crippen molar-refractivity contribution in [2.75, 3.05) is 5.32 Å². The zero-order chi connectivity index (χ0) is 32.1. The number of hydrogen-bond donors (Lipinski definition) is 2. The Morgan fingerprint density at radius 1 is 0.468 bits per heavy atom. The molecule has 1 aliphatic rings. The lowest BCUT2D eigenvalue weighted by atomic mass is 9.87. The number of rotatable bonds is 5. The zero-order valence-electron chi connectivity index (χ0n) is 24.8. The second-order valence-corrected chi connectivity index (χ2v) is 11.8. The van der Waals surface area contributed by atoms with Crippen LogP contribution < -0.4 is 16.4 Å². The molecule has 0 saturated carbocycles. The highest BCUT2D eigenvalue weighted by Crippen LogP contribution is 2.43. The van der Waals surface area contributed by atoms with Crippen molar-refractivity contribution in [1.29, 1.82) is 0 Å². The Kier molecular flexibility index (Phi) is 7.01. The summed E-state index contributed by atoms with van der Waals surface area (Å²) in [7, 11) is 0. The normalized spacial score (nSPS) is 12.3. The average Bonchev–Trinajstić information content (AvgIpc) is 3.65. The Balaban J connectivity index is 1.58. The third-order valence-corrected chi connectivity index (χ3v) is 9.12. The van der Waals surface area contributed by atoms with Crippen molar-refractivity contribution in [3.05, 3.63) is 187 Å². The lowest BCUT2D eigenvalue weighted by Gasteiger charge is -2.33. The maximum atomic E-state index is 14.9. The largest absolute Gasteiger partial charge is 0.364 e. The van der Waals surface area contributed by atoms with Crippen molar-refractivity contribution >= 4 is 36.1 Å². The van der Waals surface area contributed by atoms with Crippen molar-refractivity contribution in [3.63, 3.8) is 0 Å². The van der Waals surface area contributed by atoms with Crippen LogP contribution in [0.25, 0.3) is 22.7 Å². The van der Waals surface area contributed by atoms with Crippen LogP contribution in [0.15, 0.2) is 149 Å². The van der Waals surface area contributed by atoms with Gasteiger partial charge in [0, 0.05) is 23.3 Å². The van der Waals surface area contributed by atoms with Gasteiger partial charge in [-0.3, -0.25) is 27.9 Å².